The number of fused-ring (bicyclic) bond motifs is 2. The number of H-pyrrole nitrogens is 1. The van der Waals surface area contributed by atoms with Crippen molar-refractivity contribution in [2.24, 2.45) is 27.9 Å². The summed E-state index contributed by atoms with van der Waals surface area (Å²) >= 11 is 0. The van der Waals surface area contributed by atoms with Gasteiger partial charge in [0.15, 0.2) is 5.96 Å². The molecule has 84 heavy (non-hydrogen) atoms. The zero-order valence-electron chi connectivity index (χ0n) is 47.3. The summed E-state index contributed by atoms with van der Waals surface area (Å²) in [6.45, 7) is 5.29. The van der Waals surface area contributed by atoms with E-state index >= 15 is 9.59 Å². The minimum Gasteiger partial charge on any atom is -0.481 e. The van der Waals surface area contributed by atoms with Gasteiger partial charge in [-0.1, -0.05) is 86.5 Å². The van der Waals surface area contributed by atoms with Crippen LogP contribution in [0.2, 0.25) is 0 Å². The lowest BCUT2D eigenvalue weighted by molar-refractivity contribution is -0.148. The number of primary amides is 1. The number of aliphatic carboxylic acids is 2. The van der Waals surface area contributed by atoms with Gasteiger partial charge < -0.3 is 79.7 Å². The van der Waals surface area contributed by atoms with E-state index in [1.165, 1.54) is 0 Å². The number of aromatic amines is 1. The van der Waals surface area contributed by atoms with Gasteiger partial charge in [0.1, 0.15) is 42.3 Å². The highest BCUT2D eigenvalue weighted by Crippen LogP contribution is 2.26. The Morgan fingerprint density at radius 3 is 1.90 bits per heavy atom. The highest BCUT2D eigenvalue weighted by Gasteiger charge is 2.41. The van der Waals surface area contributed by atoms with Crippen LogP contribution in [0.3, 0.4) is 0 Å². The largest absolute Gasteiger partial charge is 0.481 e. The number of carboxylic acid groups (broad SMARTS) is 2. The predicted molar refractivity (Wildman–Crippen MR) is 311 cm³/mol. The van der Waals surface area contributed by atoms with E-state index in [9.17, 15) is 43.8 Å². The smallest absolute Gasteiger partial charge is 0.326 e. The topological polar surface area (TPSA) is 414 Å². The number of unbranched alkanes of at least 4 members (excludes halogenated alkanes) is 2. The van der Waals surface area contributed by atoms with E-state index in [1.54, 1.807) is 36.5 Å². The van der Waals surface area contributed by atoms with Gasteiger partial charge in [-0.05, 0) is 79.0 Å². The summed E-state index contributed by atoms with van der Waals surface area (Å²) in [6, 6.07) is 10.8. The number of amides is 8. The number of urea groups is 1. The number of hydrogen-bond donors (Lipinski definition) is 13. The van der Waals surface area contributed by atoms with E-state index < -0.39 is 102 Å². The van der Waals surface area contributed by atoms with Gasteiger partial charge in [0, 0.05) is 69.1 Å². The maximum absolute atomic E-state index is 15.1. The van der Waals surface area contributed by atoms with Crippen LogP contribution < -0.4 is 54.8 Å². The highest BCUT2D eigenvalue weighted by atomic mass is 16.5. The number of aromatic nitrogens is 1. The lowest BCUT2D eigenvalue weighted by Gasteiger charge is -2.38. The molecule has 26 nitrogen and oxygen atoms in total. The fourth-order valence-electron chi connectivity index (χ4n) is 10.3. The van der Waals surface area contributed by atoms with Crippen molar-refractivity contribution in [3.8, 4) is 0 Å². The van der Waals surface area contributed by atoms with Gasteiger partial charge in [-0.2, -0.15) is 0 Å². The molecular weight excluding hydrogens is 1080 g/mol. The number of benzene rings is 3. The third-order valence-electron chi connectivity index (χ3n) is 14.8. The summed E-state index contributed by atoms with van der Waals surface area (Å²) in [5.74, 6) is -8.08. The summed E-state index contributed by atoms with van der Waals surface area (Å²) in [5.41, 5.74) is 26.6. The Morgan fingerprint density at radius 1 is 0.667 bits per heavy atom. The first-order valence-corrected chi connectivity index (χ1v) is 28.4. The van der Waals surface area contributed by atoms with Crippen LogP contribution in [0, 0.1) is 0 Å². The molecule has 7 atom stereocenters. The minimum absolute atomic E-state index is 0.0265. The molecule has 3 heterocycles. The van der Waals surface area contributed by atoms with Gasteiger partial charge in [-0.15, -0.1) is 0 Å². The number of nitrogens with two attached hydrogens (primary N) is 4. The van der Waals surface area contributed by atoms with E-state index in [0.29, 0.717) is 74.2 Å². The molecule has 2 aliphatic heterocycles. The number of nitrogens with zero attached hydrogens (tertiary/aromatic N) is 3. The number of guanidine groups is 1. The number of aliphatic imine (C=N–C) groups is 1. The van der Waals surface area contributed by atoms with Gasteiger partial charge in [0.2, 0.25) is 35.4 Å². The first-order valence-electron chi connectivity index (χ1n) is 28.4. The number of ether oxygens (including phenoxy) is 1. The lowest BCUT2D eigenvalue weighted by atomic mass is 9.92. The Morgan fingerprint density at radius 2 is 1.25 bits per heavy atom. The lowest BCUT2D eigenvalue weighted by Crippen LogP contribution is -2.62. The molecule has 17 N–H and O–H groups in total. The Hall–Kier alpha value is -8.62. The van der Waals surface area contributed by atoms with Crippen molar-refractivity contribution in [1.82, 2.24) is 46.7 Å². The van der Waals surface area contributed by atoms with E-state index in [-0.39, 0.29) is 64.0 Å². The van der Waals surface area contributed by atoms with Gasteiger partial charge in [-0.25, -0.2) is 9.59 Å². The molecule has 1 fully saturated rings. The zero-order chi connectivity index (χ0) is 60.7. The molecule has 0 unspecified atom stereocenters. The van der Waals surface area contributed by atoms with Gasteiger partial charge in [-0.3, -0.25) is 43.5 Å². The molecule has 26 heteroatoms. The first kappa shape index (κ1) is 64.5. The van der Waals surface area contributed by atoms with Crippen LogP contribution in [-0.4, -0.2) is 166 Å². The molecule has 0 spiro atoms. The van der Waals surface area contributed by atoms with Crippen LogP contribution in [0.15, 0.2) is 84.0 Å². The number of carbonyl (C=O) groups is 9. The van der Waals surface area contributed by atoms with Gasteiger partial charge >= 0.3 is 18.0 Å². The van der Waals surface area contributed by atoms with Crippen LogP contribution in [0.1, 0.15) is 92.5 Å². The molecule has 1 saturated heterocycles. The van der Waals surface area contributed by atoms with Crippen molar-refractivity contribution >= 4 is 70.3 Å². The van der Waals surface area contributed by atoms with Crippen LogP contribution in [0.25, 0.3) is 10.9 Å². The summed E-state index contributed by atoms with van der Waals surface area (Å²) < 4.78 is 5.51. The number of hydrogen-bond acceptors (Lipinski definition) is 13. The van der Waals surface area contributed by atoms with Crippen molar-refractivity contribution in [2.45, 2.75) is 139 Å². The van der Waals surface area contributed by atoms with Crippen molar-refractivity contribution in [2.75, 3.05) is 39.4 Å². The minimum atomic E-state index is -1.73. The number of carboxylic acids is 2. The van der Waals surface area contributed by atoms with Gasteiger partial charge in [0.05, 0.1) is 19.6 Å². The molecule has 2 aliphatic rings. The van der Waals surface area contributed by atoms with E-state index in [1.807, 2.05) is 49.4 Å². The Kier molecular flexibility index (Phi) is 24.8. The third kappa shape index (κ3) is 19.5. The van der Waals surface area contributed by atoms with Crippen LogP contribution in [0.5, 0.6) is 0 Å². The number of carbonyl (C=O) groups excluding carboxylic acids is 7. The first-order chi connectivity index (χ1) is 40.3. The molecule has 0 bridgehead atoms. The molecular formula is C58H80N14O12. The highest BCUT2D eigenvalue weighted by molar-refractivity contribution is 5.99. The van der Waals surface area contributed by atoms with Gasteiger partial charge in [0.25, 0.3) is 0 Å². The van der Waals surface area contributed by atoms with E-state index in [0.717, 1.165) is 34.5 Å². The number of para-hydroxylation sites is 1. The van der Waals surface area contributed by atoms with Crippen molar-refractivity contribution in [3.05, 3.63) is 107 Å². The maximum atomic E-state index is 15.1. The average Bonchev–Trinajstić information content (AvgIpc) is 4.04. The second-order valence-corrected chi connectivity index (χ2v) is 21.1. The van der Waals surface area contributed by atoms with E-state index in [2.05, 4.69) is 46.8 Å². The monoisotopic (exact) mass is 1160 g/mol. The van der Waals surface area contributed by atoms with Crippen LogP contribution in [-0.2, 0) is 75.4 Å². The van der Waals surface area contributed by atoms with Crippen molar-refractivity contribution in [1.29, 1.82) is 0 Å². The quantitative estimate of drug-likeness (QED) is 0.0176. The summed E-state index contributed by atoms with van der Waals surface area (Å²) in [5, 5.41) is 36.8. The van der Waals surface area contributed by atoms with Crippen LogP contribution >= 0.6 is 0 Å². The normalized spacial score (nSPS) is 16.3. The second kappa shape index (κ2) is 32.3. The SMILES string of the molecule is CCCC[C@H](NC(N)=O)C(=O)N[C@@H](CC(=O)O)C(=O)N1Cc2ccccc2C[C@H]1C(=O)N[C@H](Cc1ccc(CN2CCOCC2)cc1)C(=O)N[C@@H](CCCN=C(N)N)C(=O)N[C@@H](Cc1c[nH]c2ccccc12)C(=O)N[C@@H](CCCCN)C(=O)O. The molecule has 1 aromatic heterocycles. The number of nitrogens with one attached hydrogen (secondary N) is 7. The molecule has 0 aliphatic carbocycles. The molecule has 454 valence electrons. The van der Waals surface area contributed by atoms with Crippen LogP contribution in [0.4, 0.5) is 4.79 Å². The zero-order valence-corrected chi connectivity index (χ0v) is 47.3. The average molecular weight is 1170 g/mol. The summed E-state index contributed by atoms with van der Waals surface area (Å²) in [6.07, 6.45) is 2.68. The second-order valence-electron chi connectivity index (χ2n) is 21.1. The standard InChI is InChI=1S/C58H80N14O12/c1-2-3-14-43(70-58(62)83)51(76)69-47(31-49(73)74)55(80)72-34-38-12-5-4-11-37(38)30-48(72)54(79)68-45(28-35-18-20-36(21-19-35)33-71-24-26-84-27-25-71)52(77)65-42(17-10-23-63-57(60)61)50(75)67-46(29-39-32-64-41-15-7-6-13-40(39)41)53(78)66-44(56(81)82)16-8-9-22-59/h4-7,11-13,15,18-21,32,42-48,64H,2-3,8-10,14,16-17,22-31,33-34,59H2,1H3,(H,65,77)(H,66,78)(H,67,75)(H,68,79)(H,69,76)(H,73,74)(H,81,82)(H4,60,61,63)(H3,62,70,83)/t42-,43-,44-,45+,46-,47-,48-/m0/s1. The maximum Gasteiger partial charge on any atom is 0.326 e. The molecule has 8 amide bonds. The Labute approximate surface area is 487 Å². The van der Waals surface area contributed by atoms with Crippen molar-refractivity contribution in [3.63, 3.8) is 0 Å². The molecule has 4 aromatic rings. The Balaban J connectivity index is 1.34. The predicted octanol–water partition coefficient (Wildman–Crippen LogP) is 0.132. The fourth-order valence-corrected chi connectivity index (χ4v) is 10.3. The molecule has 0 radical (unpaired) electrons. The molecule has 3 aromatic carbocycles. The fraction of sp³-hybridized carbons (Fsp3) is 0.483. The number of morpholine rings is 1. The Bertz CT molecular complexity index is 2940. The van der Waals surface area contributed by atoms with E-state index in [4.69, 9.17) is 27.7 Å². The summed E-state index contributed by atoms with van der Waals surface area (Å²) in [4.78, 5) is 135. The molecule has 0 saturated carbocycles. The number of rotatable bonds is 32. The molecule has 6 rings (SSSR count). The van der Waals surface area contributed by atoms with Crippen molar-refractivity contribution < 1.29 is 58.1 Å². The third-order valence-corrected chi connectivity index (χ3v) is 14.8. The summed E-state index contributed by atoms with van der Waals surface area (Å²) in [7, 11) is 0.